The molecule has 1 amide bonds. The molecule has 5 rings (SSSR count). The van der Waals surface area contributed by atoms with E-state index < -0.39 is 10.0 Å². The van der Waals surface area contributed by atoms with Crippen molar-refractivity contribution in [3.63, 3.8) is 0 Å². The van der Waals surface area contributed by atoms with Gasteiger partial charge in [0.25, 0.3) is 5.56 Å². The summed E-state index contributed by atoms with van der Waals surface area (Å²) in [4.78, 5) is 30.1. The van der Waals surface area contributed by atoms with Crippen molar-refractivity contribution in [1.29, 1.82) is 0 Å². The van der Waals surface area contributed by atoms with Gasteiger partial charge in [0.15, 0.2) is 0 Å². The van der Waals surface area contributed by atoms with Crippen LogP contribution >= 0.6 is 0 Å². The number of aryl methyl sites for hydroxylation is 1. The third kappa shape index (κ3) is 4.00. The Morgan fingerprint density at radius 1 is 1.09 bits per heavy atom. The molecule has 2 fully saturated rings. The van der Waals surface area contributed by atoms with E-state index in [0.717, 1.165) is 12.8 Å². The predicted octanol–water partition coefficient (Wildman–Crippen LogP) is 2.84. The van der Waals surface area contributed by atoms with Gasteiger partial charge in [-0.1, -0.05) is 12.1 Å². The maximum absolute atomic E-state index is 12.9. The van der Waals surface area contributed by atoms with Crippen LogP contribution in [0.2, 0.25) is 0 Å². The van der Waals surface area contributed by atoms with Crippen LogP contribution in [-0.2, 0) is 21.2 Å². The van der Waals surface area contributed by atoms with E-state index in [4.69, 9.17) is 0 Å². The Labute approximate surface area is 185 Å². The summed E-state index contributed by atoms with van der Waals surface area (Å²) in [5.41, 5.74) is 1.81. The van der Waals surface area contributed by atoms with Gasteiger partial charge in [0.2, 0.25) is 15.9 Å². The molecule has 3 aromatic rings. The highest BCUT2D eigenvalue weighted by Crippen LogP contribution is 2.35. The number of amides is 1. The number of benzene rings is 2. The minimum absolute atomic E-state index is 0.0408. The Kier molecular flexibility index (Phi) is 5.21. The lowest BCUT2D eigenvalue weighted by molar-refractivity contribution is -0.116. The van der Waals surface area contributed by atoms with E-state index in [1.165, 1.54) is 4.31 Å². The topological polar surface area (TPSA) is 101 Å². The second kappa shape index (κ2) is 8.05. The smallest absolute Gasteiger partial charge is 0.261 e. The molecule has 1 N–H and O–H groups in total. The summed E-state index contributed by atoms with van der Waals surface area (Å²) < 4.78 is 27.3. The number of carbonyl (C=O) groups excluding carboxylic acids is 1. The Bertz CT molecular complexity index is 1340. The number of anilines is 2. The first-order valence-corrected chi connectivity index (χ1v) is 12.4. The van der Waals surface area contributed by atoms with E-state index >= 15 is 0 Å². The molecule has 1 aromatic heterocycles. The molecular formula is C23H24N4O4S. The summed E-state index contributed by atoms with van der Waals surface area (Å²) in [7, 11) is -3.23. The van der Waals surface area contributed by atoms with Crippen LogP contribution in [0.5, 0.6) is 0 Å². The molecule has 0 bridgehead atoms. The highest BCUT2D eigenvalue weighted by molar-refractivity contribution is 7.93. The van der Waals surface area contributed by atoms with Crippen molar-refractivity contribution in [3.05, 3.63) is 64.7 Å². The van der Waals surface area contributed by atoms with Crippen molar-refractivity contribution in [3.8, 4) is 0 Å². The quantitative estimate of drug-likeness (QED) is 0.620. The number of fused-ring (bicyclic) bond motifs is 1. The largest absolute Gasteiger partial charge is 0.326 e. The molecule has 9 heteroatoms. The average molecular weight is 453 g/mol. The fourth-order valence-electron chi connectivity index (χ4n) is 4.17. The van der Waals surface area contributed by atoms with Crippen molar-refractivity contribution in [2.24, 2.45) is 0 Å². The highest BCUT2D eigenvalue weighted by atomic mass is 32.2. The SMILES string of the molecule is O=C(CCc1nc2ccccc2c(=O)n1C1CC1)Nc1ccc(N2CCCS2(=O)=O)cc1. The second-order valence-corrected chi connectivity index (χ2v) is 10.3. The molecule has 1 aliphatic carbocycles. The van der Waals surface area contributed by atoms with Gasteiger partial charge in [-0.2, -0.15) is 0 Å². The molecule has 32 heavy (non-hydrogen) atoms. The molecule has 1 aliphatic heterocycles. The number of hydrogen-bond acceptors (Lipinski definition) is 5. The van der Waals surface area contributed by atoms with Gasteiger partial charge in [0, 0.05) is 31.1 Å². The first-order chi connectivity index (χ1) is 15.4. The Balaban J connectivity index is 1.28. The molecule has 166 valence electrons. The number of carbonyl (C=O) groups is 1. The molecule has 0 atom stereocenters. The van der Waals surface area contributed by atoms with E-state index in [1.54, 1.807) is 34.9 Å². The number of sulfonamides is 1. The number of rotatable bonds is 6. The molecule has 2 aliphatic rings. The van der Waals surface area contributed by atoms with E-state index in [1.807, 2.05) is 18.2 Å². The molecule has 1 saturated heterocycles. The van der Waals surface area contributed by atoms with Gasteiger partial charge in [-0.15, -0.1) is 0 Å². The molecule has 0 unspecified atom stereocenters. The third-order valence-corrected chi connectivity index (χ3v) is 7.78. The van der Waals surface area contributed by atoms with Gasteiger partial charge in [-0.25, -0.2) is 13.4 Å². The predicted molar refractivity (Wildman–Crippen MR) is 123 cm³/mol. The van der Waals surface area contributed by atoms with Gasteiger partial charge in [0.1, 0.15) is 5.82 Å². The van der Waals surface area contributed by atoms with Crippen LogP contribution in [0.1, 0.15) is 37.5 Å². The van der Waals surface area contributed by atoms with Crippen LogP contribution in [0.15, 0.2) is 53.3 Å². The number of aromatic nitrogens is 2. The van der Waals surface area contributed by atoms with Crippen LogP contribution in [0.4, 0.5) is 11.4 Å². The zero-order chi connectivity index (χ0) is 22.3. The fraction of sp³-hybridized carbons (Fsp3) is 0.348. The number of hydrogen-bond donors (Lipinski definition) is 1. The van der Waals surface area contributed by atoms with Gasteiger partial charge in [0.05, 0.1) is 22.3 Å². The minimum atomic E-state index is -3.23. The summed E-state index contributed by atoms with van der Waals surface area (Å²) in [5.74, 6) is 0.623. The molecule has 2 aromatic carbocycles. The lowest BCUT2D eigenvalue weighted by Crippen LogP contribution is -2.25. The first kappa shape index (κ1) is 20.7. The number of nitrogens with one attached hydrogen (secondary N) is 1. The van der Waals surface area contributed by atoms with Gasteiger partial charge < -0.3 is 5.32 Å². The van der Waals surface area contributed by atoms with E-state index in [2.05, 4.69) is 10.3 Å². The first-order valence-electron chi connectivity index (χ1n) is 10.8. The molecule has 0 spiro atoms. The van der Waals surface area contributed by atoms with Crippen LogP contribution in [0.25, 0.3) is 10.9 Å². The molecule has 2 heterocycles. The van der Waals surface area contributed by atoms with E-state index in [9.17, 15) is 18.0 Å². The van der Waals surface area contributed by atoms with Crippen molar-refractivity contribution in [1.82, 2.24) is 9.55 Å². The molecular weight excluding hydrogens is 428 g/mol. The van der Waals surface area contributed by atoms with E-state index in [-0.39, 0.29) is 29.7 Å². The summed E-state index contributed by atoms with van der Waals surface area (Å²) in [5, 5.41) is 3.45. The summed E-state index contributed by atoms with van der Waals surface area (Å²) in [6.07, 6.45) is 3.10. The monoisotopic (exact) mass is 452 g/mol. The third-order valence-electron chi connectivity index (χ3n) is 5.91. The Morgan fingerprint density at radius 2 is 1.84 bits per heavy atom. The van der Waals surface area contributed by atoms with Gasteiger partial charge in [-0.3, -0.25) is 18.5 Å². The highest BCUT2D eigenvalue weighted by Gasteiger charge is 2.29. The summed E-state index contributed by atoms with van der Waals surface area (Å²) in [6.45, 7) is 0.482. The molecule has 0 radical (unpaired) electrons. The van der Waals surface area contributed by atoms with Crippen molar-refractivity contribution >= 4 is 38.2 Å². The zero-order valence-corrected chi connectivity index (χ0v) is 18.3. The Morgan fingerprint density at radius 3 is 2.53 bits per heavy atom. The molecule has 8 nitrogen and oxygen atoms in total. The van der Waals surface area contributed by atoms with Crippen molar-refractivity contribution in [2.45, 2.75) is 38.1 Å². The maximum Gasteiger partial charge on any atom is 0.261 e. The summed E-state index contributed by atoms with van der Waals surface area (Å²) in [6, 6.07) is 14.3. The zero-order valence-electron chi connectivity index (χ0n) is 17.5. The second-order valence-electron chi connectivity index (χ2n) is 8.29. The van der Waals surface area contributed by atoms with Crippen LogP contribution < -0.4 is 15.2 Å². The van der Waals surface area contributed by atoms with Crippen molar-refractivity contribution in [2.75, 3.05) is 21.9 Å². The minimum Gasteiger partial charge on any atom is -0.326 e. The Hall–Kier alpha value is -3.20. The summed E-state index contributed by atoms with van der Waals surface area (Å²) >= 11 is 0. The number of nitrogens with zero attached hydrogens (tertiary/aromatic N) is 3. The van der Waals surface area contributed by atoms with E-state index in [0.29, 0.717) is 47.5 Å². The maximum atomic E-state index is 12.9. The van der Waals surface area contributed by atoms with Crippen molar-refractivity contribution < 1.29 is 13.2 Å². The standard InChI is InChI=1S/C23H24N4O4S/c28-22(24-16-6-8-17(9-7-16)26-14-3-15-32(26,30)31)13-12-21-25-20-5-2-1-4-19(20)23(29)27(21)18-10-11-18/h1-2,4-9,18H,3,10-15H2,(H,24,28). The average Bonchev–Trinajstić information content (AvgIpc) is 3.55. The lowest BCUT2D eigenvalue weighted by Gasteiger charge is -2.17. The van der Waals surface area contributed by atoms with Crippen LogP contribution in [-0.4, -0.2) is 36.2 Å². The van der Waals surface area contributed by atoms with Crippen LogP contribution in [0.3, 0.4) is 0 Å². The number of para-hydroxylation sites is 1. The normalized spacial score (nSPS) is 17.6. The van der Waals surface area contributed by atoms with Gasteiger partial charge in [-0.05, 0) is 55.7 Å². The fourth-order valence-corrected chi connectivity index (χ4v) is 5.73. The van der Waals surface area contributed by atoms with Gasteiger partial charge >= 0.3 is 0 Å². The lowest BCUT2D eigenvalue weighted by atomic mass is 10.2. The van der Waals surface area contributed by atoms with Crippen LogP contribution in [0, 0.1) is 0 Å². The molecule has 1 saturated carbocycles.